The number of amides is 1. The van der Waals surface area contributed by atoms with Gasteiger partial charge in [-0.15, -0.1) is 0 Å². The number of ether oxygens (including phenoxy) is 1. The SMILES string of the molecule is CCOCCCN1C(=O)/C(=C/c2cc3cc(C)ccc3nc2N2CCCCC2)SC1=S. The van der Waals surface area contributed by atoms with Crippen LogP contribution >= 0.6 is 24.0 Å². The van der Waals surface area contributed by atoms with Crippen LogP contribution in [0.5, 0.6) is 0 Å². The number of pyridine rings is 1. The zero-order valence-electron chi connectivity index (χ0n) is 18.2. The Morgan fingerprint density at radius 3 is 2.81 bits per heavy atom. The fourth-order valence-electron chi connectivity index (χ4n) is 4.07. The highest BCUT2D eigenvalue weighted by Gasteiger charge is 2.32. The van der Waals surface area contributed by atoms with Crippen LogP contribution in [0.15, 0.2) is 29.2 Å². The third kappa shape index (κ3) is 5.10. The maximum Gasteiger partial charge on any atom is 0.266 e. The van der Waals surface area contributed by atoms with Crippen molar-refractivity contribution in [3.8, 4) is 0 Å². The smallest absolute Gasteiger partial charge is 0.266 e. The normalized spacial score (nSPS) is 18.6. The van der Waals surface area contributed by atoms with Crippen LogP contribution in [-0.4, -0.2) is 53.0 Å². The van der Waals surface area contributed by atoms with Gasteiger partial charge in [-0.25, -0.2) is 4.98 Å². The van der Waals surface area contributed by atoms with Gasteiger partial charge in [-0.1, -0.05) is 35.6 Å². The number of aryl methyl sites for hydroxylation is 1. The lowest BCUT2D eigenvalue weighted by Gasteiger charge is -2.29. The van der Waals surface area contributed by atoms with E-state index >= 15 is 0 Å². The molecule has 2 aromatic rings. The summed E-state index contributed by atoms with van der Waals surface area (Å²) < 4.78 is 6.03. The van der Waals surface area contributed by atoms with Crippen molar-refractivity contribution in [1.29, 1.82) is 0 Å². The molecule has 2 aliphatic heterocycles. The fraction of sp³-hybridized carbons (Fsp3) is 0.458. The van der Waals surface area contributed by atoms with Gasteiger partial charge in [0, 0.05) is 43.8 Å². The average molecular weight is 456 g/mol. The Kier molecular flexibility index (Phi) is 7.25. The van der Waals surface area contributed by atoms with E-state index in [9.17, 15) is 4.79 Å². The zero-order valence-corrected chi connectivity index (χ0v) is 19.9. The second kappa shape index (κ2) is 10.1. The molecule has 0 N–H and O–H groups in total. The number of nitrogens with zero attached hydrogens (tertiary/aromatic N) is 3. The van der Waals surface area contributed by atoms with Gasteiger partial charge in [-0.2, -0.15) is 0 Å². The van der Waals surface area contributed by atoms with E-state index in [0.29, 0.717) is 29.0 Å². The molecule has 0 bridgehead atoms. The molecule has 0 saturated carbocycles. The third-order valence-electron chi connectivity index (χ3n) is 5.67. The van der Waals surface area contributed by atoms with Gasteiger partial charge in [-0.05, 0) is 63.8 Å². The second-order valence-corrected chi connectivity index (χ2v) is 9.70. The Morgan fingerprint density at radius 1 is 1.23 bits per heavy atom. The van der Waals surface area contributed by atoms with Crippen molar-refractivity contribution in [3.05, 3.63) is 40.3 Å². The van der Waals surface area contributed by atoms with Crippen LogP contribution in [0.2, 0.25) is 0 Å². The number of piperidine rings is 1. The van der Waals surface area contributed by atoms with Gasteiger partial charge in [0.2, 0.25) is 0 Å². The van der Waals surface area contributed by atoms with Crippen LogP contribution in [-0.2, 0) is 9.53 Å². The molecule has 2 saturated heterocycles. The topological polar surface area (TPSA) is 45.7 Å². The molecule has 5 nitrogen and oxygen atoms in total. The second-order valence-electron chi connectivity index (χ2n) is 8.03. The first-order valence-electron chi connectivity index (χ1n) is 11.1. The Balaban J connectivity index is 1.66. The molecule has 4 rings (SSSR count). The van der Waals surface area contributed by atoms with Crippen molar-refractivity contribution in [2.45, 2.75) is 39.5 Å². The summed E-state index contributed by atoms with van der Waals surface area (Å²) in [6.07, 6.45) is 6.38. The minimum atomic E-state index is -0.0135. The summed E-state index contributed by atoms with van der Waals surface area (Å²) in [5, 5.41) is 1.10. The Labute approximate surface area is 193 Å². The van der Waals surface area contributed by atoms with Crippen molar-refractivity contribution < 1.29 is 9.53 Å². The van der Waals surface area contributed by atoms with E-state index in [1.807, 2.05) is 13.0 Å². The summed E-state index contributed by atoms with van der Waals surface area (Å²) >= 11 is 6.89. The van der Waals surface area contributed by atoms with Crippen LogP contribution in [0.25, 0.3) is 17.0 Å². The van der Waals surface area contributed by atoms with E-state index in [1.165, 1.54) is 36.6 Å². The van der Waals surface area contributed by atoms with Gasteiger partial charge in [-0.3, -0.25) is 9.69 Å². The first-order chi connectivity index (χ1) is 15.1. The van der Waals surface area contributed by atoms with Crippen LogP contribution in [0.4, 0.5) is 5.82 Å². The molecule has 1 aromatic heterocycles. The summed E-state index contributed by atoms with van der Waals surface area (Å²) in [5.41, 5.74) is 3.19. The molecule has 164 valence electrons. The van der Waals surface area contributed by atoms with Gasteiger partial charge in [0.15, 0.2) is 0 Å². The number of anilines is 1. The molecule has 31 heavy (non-hydrogen) atoms. The summed E-state index contributed by atoms with van der Waals surface area (Å²) in [6, 6.07) is 8.50. The molecule has 0 aliphatic carbocycles. The largest absolute Gasteiger partial charge is 0.382 e. The molecule has 7 heteroatoms. The maximum absolute atomic E-state index is 13.1. The van der Waals surface area contributed by atoms with E-state index < -0.39 is 0 Å². The van der Waals surface area contributed by atoms with Crippen molar-refractivity contribution >= 4 is 57.0 Å². The number of benzene rings is 1. The number of thiocarbonyl (C=S) groups is 1. The van der Waals surface area contributed by atoms with Gasteiger partial charge >= 0.3 is 0 Å². The molecule has 1 aromatic carbocycles. The third-order valence-corrected chi connectivity index (χ3v) is 7.05. The molecule has 2 fully saturated rings. The minimum absolute atomic E-state index is 0.0135. The van der Waals surface area contributed by atoms with Crippen LogP contribution in [0, 0.1) is 6.92 Å². The summed E-state index contributed by atoms with van der Waals surface area (Å²) in [5.74, 6) is 0.957. The van der Waals surface area contributed by atoms with Crippen molar-refractivity contribution in [2.75, 3.05) is 37.7 Å². The molecule has 0 radical (unpaired) electrons. The van der Waals surface area contributed by atoms with Crippen molar-refractivity contribution in [3.63, 3.8) is 0 Å². The van der Waals surface area contributed by atoms with E-state index in [-0.39, 0.29) is 5.91 Å². The van der Waals surface area contributed by atoms with Crippen molar-refractivity contribution in [1.82, 2.24) is 9.88 Å². The highest BCUT2D eigenvalue weighted by molar-refractivity contribution is 8.26. The predicted octanol–water partition coefficient (Wildman–Crippen LogP) is 5.16. The lowest BCUT2D eigenvalue weighted by Crippen LogP contribution is -2.31. The number of carbonyl (C=O) groups excluding carboxylic acids is 1. The van der Waals surface area contributed by atoms with E-state index in [0.717, 1.165) is 41.8 Å². The number of carbonyl (C=O) groups is 1. The minimum Gasteiger partial charge on any atom is -0.382 e. The molecule has 0 unspecified atom stereocenters. The predicted molar refractivity (Wildman–Crippen MR) is 134 cm³/mol. The molecule has 0 spiro atoms. The monoisotopic (exact) mass is 455 g/mol. The Bertz CT molecular complexity index is 1020. The van der Waals surface area contributed by atoms with Crippen LogP contribution in [0.1, 0.15) is 43.7 Å². The average Bonchev–Trinajstić information content (AvgIpc) is 3.04. The van der Waals surface area contributed by atoms with E-state index in [4.69, 9.17) is 21.9 Å². The molecule has 0 atom stereocenters. The van der Waals surface area contributed by atoms with Crippen molar-refractivity contribution in [2.24, 2.45) is 0 Å². The van der Waals surface area contributed by atoms with Gasteiger partial charge in [0.05, 0.1) is 10.4 Å². The zero-order chi connectivity index (χ0) is 21.8. The first-order valence-corrected chi connectivity index (χ1v) is 12.3. The lowest BCUT2D eigenvalue weighted by molar-refractivity contribution is -0.122. The summed E-state index contributed by atoms with van der Waals surface area (Å²) in [4.78, 5) is 22.8. The highest BCUT2D eigenvalue weighted by atomic mass is 32.2. The fourth-order valence-corrected chi connectivity index (χ4v) is 5.37. The molecular formula is C24H29N3O2S2. The van der Waals surface area contributed by atoms with E-state index in [1.54, 1.807) is 4.90 Å². The Morgan fingerprint density at radius 2 is 2.03 bits per heavy atom. The van der Waals surface area contributed by atoms with Gasteiger partial charge in [0.25, 0.3) is 5.91 Å². The lowest BCUT2D eigenvalue weighted by atomic mass is 10.1. The van der Waals surface area contributed by atoms with Crippen LogP contribution in [0.3, 0.4) is 0 Å². The summed E-state index contributed by atoms with van der Waals surface area (Å²) in [6.45, 7) is 7.99. The number of rotatable bonds is 7. The molecule has 1 amide bonds. The number of fused-ring (bicyclic) bond motifs is 1. The molecule has 3 heterocycles. The van der Waals surface area contributed by atoms with Gasteiger partial charge < -0.3 is 9.64 Å². The quantitative estimate of drug-likeness (QED) is 0.326. The number of hydrogen-bond donors (Lipinski definition) is 0. The van der Waals surface area contributed by atoms with E-state index in [2.05, 4.69) is 36.1 Å². The molecule has 2 aliphatic rings. The standard InChI is InChI=1S/C24H29N3O2S2/c1-3-29-13-7-12-27-23(28)21(31-24(27)30)16-19-15-18-14-17(2)8-9-20(18)25-22(19)26-10-5-4-6-11-26/h8-9,14-16H,3-7,10-13H2,1-2H3/b21-16-. The number of thioether (sulfide) groups is 1. The maximum atomic E-state index is 13.1. The highest BCUT2D eigenvalue weighted by Crippen LogP contribution is 2.35. The first kappa shape index (κ1) is 22.2. The molecular weight excluding hydrogens is 426 g/mol. The number of hydrogen-bond acceptors (Lipinski definition) is 6. The number of aromatic nitrogens is 1. The van der Waals surface area contributed by atoms with Gasteiger partial charge in [0.1, 0.15) is 10.1 Å². The summed E-state index contributed by atoms with van der Waals surface area (Å²) in [7, 11) is 0. The van der Waals surface area contributed by atoms with Crippen LogP contribution < -0.4 is 4.90 Å². The Hall–Kier alpha value is -1.96.